The first-order valence-corrected chi connectivity index (χ1v) is 13.7. The summed E-state index contributed by atoms with van der Waals surface area (Å²) in [6.45, 7) is 4.81. The van der Waals surface area contributed by atoms with E-state index in [1.807, 2.05) is 0 Å². The van der Waals surface area contributed by atoms with E-state index < -0.39 is 19.8 Å². The number of allylic oxidation sites excluding steroid dienone is 9. The number of hydrogen-bond acceptors (Lipinski definition) is 0. The van der Waals surface area contributed by atoms with Crippen LogP contribution in [-0.4, -0.2) is 3.21 Å². The SMILES string of the molecule is C[C](C)=[Zr+2]([C]1=CC=CC1)([C]1=CC=CC1)[CH]1C=Cc2ccccc21.[Cl-].[Cl-]. The molecule has 0 spiro atoms. The second-order valence-electron chi connectivity index (χ2n) is 6.92. The van der Waals surface area contributed by atoms with E-state index in [9.17, 15) is 0 Å². The first-order chi connectivity index (χ1) is 11.2. The minimum atomic E-state index is -2.87. The van der Waals surface area contributed by atoms with Crippen molar-refractivity contribution in [3.63, 3.8) is 0 Å². The maximum Gasteiger partial charge on any atom is -1.00 e. The number of benzene rings is 1. The molecule has 0 nitrogen and oxygen atoms in total. The fourth-order valence-corrected chi connectivity index (χ4v) is 19.0. The third-order valence-corrected chi connectivity index (χ3v) is 19.8. The Balaban J connectivity index is 0.00000113. The minimum Gasteiger partial charge on any atom is -1.00 e. The molecule has 0 amide bonds. The Morgan fingerprint density at radius 3 is 2.04 bits per heavy atom. The Morgan fingerprint density at radius 2 is 1.52 bits per heavy atom. The molecule has 1 aromatic rings. The van der Waals surface area contributed by atoms with Gasteiger partial charge in [-0.1, -0.05) is 0 Å². The van der Waals surface area contributed by atoms with E-state index in [1.54, 1.807) is 15.3 Å². The van der Waals surface area contributed by atoms with Gasteiger partial charge in [0.2, 0.25) is 0 Å². The average Bonchev–Trinajstić information content (AvgIpc) is 3.31. The van der Waals surface area contributed by atoms with E-state index in [2.05, 4.69) is 86.7 Å². The summed E-state index contributed by atoms with van der Waals surface area (Å²) in [5, 5.41) is 0. The van der Waals surface area contributed by atoms with Crippen LogP contribution < -0.4 is 24.8 Å². The zero-order chi connectivity index (χ0) is 15.9. The summed E-state index contributed by atoms with van der Waals surface area (Å²) in [5.41, 5.74) is 2.99. The van der Waals surface area contributed by atoms with Crippen LogP contribution in [0.2, 0.25) is 0 Å². The summed E-state index contributed by atoms with van der Waals surface area (Å²) in [6, 6.07) is 9.01. The first kappa shape index (κ1) is 20.6. The van der Waals surface area contributed by atoms with Crippen LogP contribution in [0, 0.1) is 0 Å². The fourth-order valence-electron chi connectivity index (χ4n) is 4.67. The molecule has 0 fully saturated rings. The van der Waals surface area contributed by atoms with Gasteiger partial charge in [-0.15, -0.1) is 0 Å². The van der Waals surface area contributed by atoms with Gasteiger partial charge >= 0.3 is 144 Å². The molecule has 129 valence electrons. The van der Waals surface area contributed by atoms with Gasteiger partial charge in [-0.3, -0.25) is 0 Å². The van der Waals surface area contributed by atoms with Crippen molar-refractivity contribution in [3.05, 3.63) is 84.5 Å². The Morgan fingerprint density at radius 1 is 0.920 bits per heavy atom. The summed E-state index contributed by atoms with van der Waals surface area (Å²) in [6.07, 6.45) is 21.3. The zero-order valence-electron chi connectivity index (χ0n) is 14.7. The quantitative estimate of drug-likeness (QED) is 0.601. The Hall–Kier alpha value is -0.747. The van der Waals surface area contributed by atoms with Gasteiger partial charge in [-0.2, -0.15) is 0 Å². The van der Waals surface area contributed by atoms with E-state index in [1.165, 1.54) is 5.56 Å². The van der Waals surface area contributed by atoms with Crippen molar-refractivity contribution in [1.82, 2.24) is 0 Å². The second kappa shape index (κ2) is 8.30. The molecule has 0 saturated carbocycles. The smallest absolute Gasteiger partial charge is 1.00 e. The summed E-state index contributed by atoms with van der Waals surface area (Å²) in [5.74, 6) is 0. The van der Waals surface area contributed by atoms with Gasteiger partial charge in [-0.05, 0) is 0 Å². The van der Waals surface area contributed by atoms with Crippen LogP contribution in [0.3, 0.4) is 0 Å². The molecule has 3 aliphatic carbocycles. The van der Waals surface area contributed by atoms with Crippen molar-refractivity contribution < 1.29 is 44.6 Å². The molecule has 1 atom stereocenters. The molecule has 3 heteroatoms. The molecule has 0 aliphatic heterocycles. The normalized spacial score (nSPS) is 19.2. The van der Waals surface area contributed by atoms with Crippen molar-refractivity contribution in [3.8, 4) is 0 Å². The molecular weight excluding hydrogens is 426 g/mol. The van der Waals surface area contributed by atoms with Gasteiger partial charge < -0.3 is 24.8 Å². The molecule has 0 heterocycles. The fraction of sp³-hybridized carbons (Fsp3) is 0.227. The standard InChI is InChI=1S/C9H7.2C5H5.C3H6.2ClH.Zr/c1-2-5-9-7-3-6-8(9)4-1;2*1-2-4-5-3-1;1-3-2;;;/h1-7H;2*1-3H,4H2;1-2H3;2*1H;/q;;;;;;+2/p-2. The number of hydrogen-bond donors (Lipinski definition) is 0. The van der Waals surface area contributed by atoms with E-state index in [-0.39, 0.29) is 24.8 Å². The van der Waals surface area contributed by atoms with Crippen molar-refractivity contribution in [2.45, 2.75) is 30.3 Å². The number of fused-ring (bicyclic) bond motifs is 1. The summed E-state index contributed by atoms with van der Waals surface area (Å²) < 4.78 is 5.82. The van der Waals surface area contributed by atoms with E-state index in [4.69, 9.17) is 0 Å². The summed E-state index contributed by atoms with van der Waals surface area (Å²) in [4.78, 5) is 0. The molecule has 3 aliphatic rings. The molecule has 0 saturated heterocycles. The van der Waals surface area contributed by atoms with Crippen LogP contribution in [0.1, 0.15) is 41.4 Å². The third-order valence-electron chi connectivity index (χ3n) is 5.61. The zero-order valence-corrected chi connectivity index (χ0v) is 18.6. The largest absolute Gasteiger partial charge is 1.00 e. The van der Waals surface area contributed by atoms with Crippen molar-refractivity contribution in [2.75, 3.05) is 0 Å². The molecular formula is C22H23Cl2Zr. The Bertz CT molecular complexity index is 828. The van der Waals surface area contributed by atoms with Gasteiger partial charge in [0, 0.05) is 0 Å². The monoisotopic (exact) mass is 447 g/mol. The molecule has 25 heavy (non-hydrogen) atoms. The van der Waals surface area contributed by atoms with Crippen molar-refractivity contribution >= 4 is 9.28 Å². The van der Waals surface area contributed by atoms with Crippen LogP contribution in [-0.2, 0) is 19.8 Å². The topological polar surface area (TPSA) is 0 Å². The third kappa shape index (κ3) is 3.20. The first-order valence-electron chi connectivity index (χ1n) is 8.54. The summed E-state index contributed by atoms with van der Waals surface area (Å²) in [7, 11) is 0. The van der Waals surface area contributed by atoms with Crippen molar-refractivity contribution in [2.24, 2.45) is 0 Å². The molecule has 0 bridgehead atoms. The van der Waals surface area contributed by atoms with Crippen LogP contribution in [0.4, 0.5) is 0 Å². The van der Waals surface area contributed by atoms with Crippen LogP contribution in [0.25, 0.3) is 6.08 Å². The van der Waals surface area contributed by atoms with Gasteiger partial charge in [0.15, 0.2) is 0 Å². The van der Waals surface area contributed by atoms with Gasteiger partial charge in [0.1, 0.15) is 0 Å². The molecule has 1 unspecified atom stereocenters. The molecule has 1 aromatic carbocycles. The maximum absolute atomic E-state index is 2.87. The van der Waals surface area contributed by atoms with Crippen molar-refractivity contribution in [1.29, 1.82) is 0 Å². The Labute approximate surface area is 167 Å². The predicted octanol–water partition coefficient (Wildman–Crippen LogP) is -0.184. The molecule has 0 N–H and O–H groups in total. The maximum atomic E-state index is 2.52. The second-order valence-corrected chi connectivity index (χ2v) is 18.0. The molecule has 0 radical (unpaired) electrons. The summed E-state index contributed by atoms with van der Waals surface area (Å²) >= 11 is -2.87. The average molecular weight is 450 g/mol. The Kier molecular flexibility index (Phi) is 6.82. The van der Waals surface area contributed by atoms with E-state index in [0.717, 1.165) is 12.8 Å². The van der Waals surface area contributed by atoms with Crippen LogP contribution in [0.15, 0.2) is 73.4 Å². The van der Waals surface area contributed by atoms with Crippen LogP contribution >= 0.6 is 0 Å². The number of halogens is 2. The van der Waals surface area contributed by atoms with Gasteiger partial charge in [-0.25, -0.2) is 0 Å². The van der Waals surface area contributed by atoms with Crippen LogP contribution in [0.5, 0.6) is 0 Å². The van der Waals surface area contributed by atoms with E-state index >= 15 is 0 Å². The predicted molar refractivity (Wildman–Crippen MR) is 98.3 cm³/mol. The van der Waals surface area contributed by atoms with E-state index in [0.29, 0.717) is 3.63 Å². The van der Waals surface area contributed by atoms with Gasteiger partial charge in [0.05, 0.1) is 0 Å². The minimum absolute atomic E-state index is 0. The number of rotatable bonds is 3. The molecule has 4 rings (SSSR count). The molecule has 0 aromatic heterocycles. The van der Waals surface area contributed by atoms with Gasteiger partial charge in [0.25, 0.3) is 0 Å².